The maximum absolute atomic E-state index is 13.4. The molecule has 3 rings (SSSR count). The van der Waals surface area contributed by atoms with Gasteiger partial charge in [0.05, 0.1) is 18.2 Å². The van der Waals surface area contributed by atoms with Gasteiger partial charge in [-0.1, -0.05) is 26.0 Å². The van der Waals surface area contributed by atoms with Crippen LogP contribution < -0.4 is 5.32 Å². The first-order valence-electron chi connectivity index (χ1n) is 11.1. The van der Waals surface area contributed by atoms with Gasteiger partial charge in [-0.15, -0.1) is 0 Å². The lowest BCUT2D eigenvalue weighted by Gasteiger charge is -2.44. The van der Waals surface area contributed by atoms with Gasteiger partial charge in [-0.3, -0.25) is 9.69 Å². The number of aryl methyl sites for hydroxylation is 1. The lowest BCUT2D eigenvalue weighted by molar-refractivity contribution is -0.146. The molecule has 2 saturated heterocycles. The Bertz CT molecular complexity index is 736. The molecule has 2 aliphatic rings. The lowest BCUT2D eigenvalue weighted by Crippen LogP contribution is -2.60. The van der Waals surface area contributed by atoms with E-state index < -0.39 is 0 Å². The summed E-state index contributed by atoms with van der Waals surface area (Å²) in [6.07, 6.45) is 0.259. The Balaban J connectivity index is 1.57. The second-order valence-electron chi connectivity index (χ2n) is 9.01. The summed E-state index contributed by atoms with van der Waals surface area (Å²) in [5.41, 5.74) is 1.91. The highest BCUT2D eigenvalue weighted by Crippen LogP contribution is 2.21. The van der Waals surface area contributed by atoms with Crippen LogP contribution in [0.15, 0.2) is 24.3 Å². The van der Waals surface area contributed by atoms with Gasteiger partial charge in [-0.25, -0.2) is 4.79 Å². The lowest BCUT2D eigenvalue weighted by atomic mass is 9.98. The normalized spacial score (nSPS) is 24.1. The minimum Gasteiger partial charge on any atom is -0.373 e. The molecule has 0 aromatic heterocycles. The van der Waals surface area contributed by atoms with Gasteiger partial charge in [0.15, 0.2) is 0 Å². The molecule has 3 unspecified atom stereocenters. The highest BCUT2D eigenvalue weighted by atomic mass is 16.5. The SMILES string of the molecule is Cc1cccc(NC(=O)N2CCN(C(=O)C(C(C)C)N3CC(C)OC(C)C3)CC2)c1. The van der Waals surface area contributed by atoms with Crippen LogP contribution in [0.5, 0.6) is 0 Å². The Labute approximate surface area is 180 Å². The number of hydrogen-bond acceptors (Lipinski definition) is 4. The van der Waals surface area contributed by atoms with Crippen molar-refractivity contribution in [1.82, 2.24) is 14.7 Å². The van der Waals surface area contributed by atoms with E-state index in [1.807, 2.05) is 36.1 Å². The summed E-state index contributed by atoms with van der Waals surface area (Å²) in [6, 6.07) is 7.52. The van der Waals surface area contributed by atoms with Gasteiger partial charge in [0, 0.05) is 45.0 Å². The predicted molar refractivity (Wildman–Crippen MR) is 119 cm³/mol. The molecule has 2 fully saturated rings. The van der Waals surface area contributed by atoms with E-state index in [2.05, 4.69) is 37.9 Å². The Kier molecular flexibility index (Phi) is 7.36. The summed E-state index contributed by atoms with van der Waals surface area (Å²) in [5.74, 6) is 0.391. The topological polar surface area (TPSA) is 65.1 Å². The summed E-state index contributed by atoms with van der Waals surface area (Å²) in [7, 11) is 0. The van der Waals surface area contributed by atoms with E-state index in [0.717, 1.165) is 24.3 Å². The van der Waals surface area contributed by atoms with Crippen molar-refractivity contribution in [2.45, 2.75) is 52.9 Å². The van der Waals surface area contributed by atoms with Crippen LogP contribution in [-0.2, 0) is 9.53 Å². The molecule has 1 N–H and O–H groups in total. The van der Waals surface area contributed by atoms with Crippen molar-refractivity contribution in [3.8, 4) is 0 Å². The highest BCUT2D eigenvalue weighted by molar-refractivity contribution is 5.89. The van der Waals surface area contributed by atoms with E-state index >= 15 is 0 Å². The van der Waals surface area contributed by atoms with Gasteiger partial charge in [0.1, 0.15) is 0 Å². The number of amides is 3. The zero-order chi connectivity index (χ0) is 21.8. The summed E-state index contributed by atoms with van der Waals surface area (Å²) >= 11 is 0. The van der Waals surface area contributed by atoms with Crippen LogP contribution in [0.2, 0.25) is 0 Å². The number of rotatable bonds is 4. The monoisotopic (exact) mass is 416 g/mol. The van der Waals surface area contributed by atoms with Gasteiger partial charge >= 0.3 is 6.03 Å². The molecule has 0 radical (unpaired) electrons. The summed E-state index contributed by atoms with van der Waals surface area (Å²) in [4.78, 5) is 32.0. The molecule has 2 aliphatic heterocycles. The van der Waals surface area contributed by atoms with Crippen LogP contribution >= 0.6 is 0 Å². The van der Waals surface area contributed by atoms with Gasteiger partial charge < -0.3 is 19.9 Å². The maximum atomic E-state index is 13.4. The average Bonchev–Trinajstić information content (AvgIpc) is 2.67. The van der Waals surface area contributed by atoms with Gasteiger partial charge in [0.2, 0.25) is 5.91 Å². The fraction of sp³-hybridized carbons (Fsp3) is 0.652. The fourth-order valence-corrected chi connectivity index (χ4v) is 4.55. The Morgan fingerprint density at radius 2 is 1.63 bits per heavy atom. The zero-order valence-electron chi connectivity index (χ0n) is 18.9. The van der Waals surface area contributed by atoms with Gasteiger partial charge in [0.25, 0.3) is 0 Å². The Hall–Kier alpha value is -2.12. The second kappa shape index (κ2) is 9.79. The Morgan fingerprint density at radius 3 is 2.20 bits per heavy atom. The molecule has 1 aromatic rings. The quantitative estimate of drug-likeness (QED) is 0.820. The summed E-state index contributed by atoms with van der Waals surface area (Å²) in [5, 5.41) is 2.96. The van der Waals surface area contributed by atoms with E-state index in [9.17, 15) is 9.59 Å². The molecule has 2 heterocycles. The molecule has 0 spiro atoms. The van der Waals surface area contributed by atoms with Crippen molar-refractivity contribution in [2.75, 3.05) is 44.6 Å². The van der Waals surface area contributed by atoms with Crippen molar-refractivity contribution in [2.24, 2.45) is 5.92 Å². The van der Waals surface area contributed by atoms with E-state index in [0.29, 0.717) is 26.2 Å². The van der Waals surface area contributed by atoms with Crippen LogP contribution in [0.3, 0.4) is 0 Å². The minimum atomic E-state index is -0.147. The molecular weight excluding hydrogens is 380 g/mol. The smallest absolute Gasteiger partial charge is 0.321 e. The Morgan fingerprint density at radius 1 is 1.03 bits per heavy atom. The molecule has 0 aliphatic carbocycles. The number of nitrogens with zero attached hydrogens (tertiary/aromatic N) is 3. The number of carbonyl (C=O) groups is 2. The summed E-state index contributed by atoms with van der Waals surface area (Å²) in [6.45, 7) is 14.1. The van der Waals surface area contributed by atoms with Gasteiger partial charge in [-0.05, 0) is 44.4 Å². The third-order valence-corrected chi connectivity index (χ3v) is 5.87. The zero-order valence-corrected chi connectivity index (χ0v) is 18.9. The number of morpholine rings is 1. The van der Waals surface area contributed by atoms with Crippen molar-refractivity contribution >= 4 is 17.6 Å². The summed E-state index contributed by atoms with van der Waals surface area (Å²) < 4.78 is 5.85. The molecule has 3 atom stereocenters. The second-order valence-corrected chi connectivity index (χ2v) is 9.01. The third-order valence-electron chi connectivity index (χ3n) is 5.87. The molecule has 1 aromatic carbocycles. The first kappa shape index (κ1) is 22.6. The highest BCUT2D eigenvalue weighted by Gasteiger charge is 2.37. The number of hydrogen-bond donors (Lipinski definition) is 1. The third kappa shape index (κ3) is 5.52. The van der Waals surface area contributed by atoms with E-state index in [-0.39, 0.29) is 36.1 Å². The number of ether oxygens (including phenoxy) is 1. The fourth-order valence-electron chi connectivity index (χ4n) is 4.55. The number of benzene rings is 1. The maximum Gasteiger partial charge on any atom is 0.321 e. The van der Waals surface area contributed by atoms with Crippen LogP contribution in [0, 0.1) is 12.8 Å². The molecule has 3 amide bonds. The number of urea groups is 1. The van der Waals surface area contributed by atoms with Crippen molar-refractivity contribution in [3.05, 3.63) is 29.8 Å². The molecule has 7 heteroatoms. The van der Waals surface area contributed by atoms with Gasteiger partial charge in [-0.2, -0.15) is 0 Å². The number of piperazine rings is 1. The molecule has 7 nitrogen and oxygen atoms in total. The van der Waals surface area contributed by atoms with Crippen molar-refractivity contribution in [3.63, 3.8) is 0 Å². The molecule has 0 saturated carbocycles. The number of carbonyl (C=O) groups excluding carboxylic acids is 2. The van der Waals surface area contributed by atoms with Crippen molar-refractivity contribution in [1.29, 1.82) is 0 Å². The van der Waals surface area contributed by atoms with E-state index in [1.165, 1.54) is 0 Å². The van der Waals surface area contributed by atoms with E-state index in [4.69, 9.17) is 4.74 Å². The van der Waals surface area contributed by atoms with Crippen LogP contribution in [0.1, 0.15) is 33.3 Å². The predicted octanol–water partition coefficient (Wildman–Crippen LogP) is 2.80. The van der Waals surface area contributed by atoms with Crippen LogP contribution in [-0.4, -0.2) is 84.2 Å². The number of nitrogens with one attached hydrogen (secondary N) is 1. The van der Waals surface area contributed by atoms with Crippen LogP contribution in [0.25, 0.3) is 0 Å². The van der Waals surface area contributed by atoms with Crippen molar-refractivity contribution < 1.29 is 14.3 Å². The molecule has 0 bridgehead atoms. The van der Waals surface area contributed by atoms with E-state index in [1.54, 1.807) is 4.90 Å². The molecule has 30 heavy (non-hydrogen) atoms. The largest absolute Gasteiger partial charge is 0.373 e. The standard InChI is InChI=1S/C23H36N4O3/c1-16(2)21(27-14-18(4)30-19(5)15-27)22(28)25-9-11-26(12-10-25)23(29)24-20-8-6-7-17(3)13-20/h6-8,13,16,18-19,21H,9-12,14-15H2,1-5H3,(H,24,29). The number of anilines is 1. The van der Waals surface area contributed by atoms with Crippen LogP contribution in [0.4, 0.5) is 10.5 Å². The minimum absolute atomic E-state index is 0.107. The first-order chi connectivity index (χ1) is 14.2. The molecule has 166 valence electrons. The average molecular weight is 417 g/mol. The molecular formula is C23H36N4O3. The first-order valence-corrected chi connectivity index (χ1v) is 11.1.